The SMILES string of the molecule is O=P1(c2ccccc2)c2ccccc2C2(c3ccccc3-n3c4ccccc4c4cccc2c43)c2ccc(-c3cc(-c4ccccc4)nc(-c4ccccc4)c3)cc21. The molecule has 0 aliphatic carbocycles. The molecule has 0 N–H and O–H groups in total. The number of hydrogen-bond donors (Lipinski definition) is 0. The fourth-order valence-corrected chi connectivity index (χ4v) is 13.2. The molecule has 2 aliphatic heterocycles. The fraction of sp³-hybridized carbons (Fsp3) is 0.0185. The molecule has 0 saturated carbocycles. The van der Waals surface area contributed by atoms with Crippen LogP contribution < -0.4 is 15.9 Å². The third-order valence-corrected chi connectivity index (χ3v) is 15.6. The molecule has 12 rings (SSSR count). The van der Waals surface area contributed by atoms with Crippen molar-refractivity contribution in [3.63, 3.8) is 0 Å². The van der Waals surface area contributed by atoms with Crippen LogP contribution in [0.2, 0.25) is 0 Å². The van der Waals surface area contributed by atoms with E-state index in [1.807, 2.05) is 42.5 Å². The molecular weight excluding hydrogens is 724 g/mol. The van der Waals surface area contributed by atoms with E-state index in [0.29, 0.717) is 0 Å². The minimum atomic E-state index is -3.45. The summed E-state index contributed by atoms with van der Waals surface area (Å²) in [5, 5.41) is 5.02. The number of pyridine rings is 1. The van der Waals surface area contributed by atoms with Gasteiger partial charge in [-0.05, 0) is 63.7 Å². The van der Waals surface area contributed by atoms with Gasteiger partial charge in [-0.25, -0.2) is 4.98 Å². The highest BCUT2D eigenvalue weighted by molar-refractivity contribution is 7.85. The standard InChI is InChI=1S/C54H35N2OP/c57-58(40-21-8-3-9-22-40)51-30-15-12-26-44(51)54(43-25-11-14-29-50(43)56-49-28-13-10-23-41(49)42-24-16-27-46(54)53(42)56)45-32-31-38(35-52(45)58)39-33-47(36-17-4-1-5-18-36)55-48(34-39)37-19-6-2-7-20-37/h1-35H. The second-order valence-corrected chi connectivity index (χ2v) is 18.1. The van der Waals surface area contributed by atoms with Crippen LogP contribution in [0.4, 0.5) is 0 Å². The summed E-state index contributed by atoms with van der Waals surface area (Å²) in [5.74, 6) is 0. The van der Waals surface area contributed by atoms with E-state index in [1.54, 1.807) is 0 Å². The van der Waals surface area contributed by atoms with Gasteiger partial charge in [0.15, 0.2) is 7.14 Å². The Kier molecular flexibility index (Phi) is 7.12. The van der Waals surface area contributed by atoms with Crippen LogP contribution in [-0.4, -0.2) is 9.55 Å². The fourth-order valence-electron chi connectivity index (χ4n) is 10.0. The first-order chi connectivity index (χ1) is 28.7. The van der Waals surface area contributed by atoms with Crippen molar-refractivity contribution in [1.82, 2.24) is 9.55 Å². The van der Waals surface area contributed by atoms with E-state index in [9.17, 15) is 0 Å². The topological polar surface area (TPSA) is 34.9 Å². The molecule has 0 amide bonds. The van der Waals surface area contributed by atoms with Crippen molar-refractivity contribution in [2.75, 3.05) is 0 Å². The van der Waals surface area contributed by atoms with Gasteiger partial charge in [-0.2, -0.15) is 0 Å². The van der Waals surface area contributed by atoms with Gasteiger partial charge >= 0.3 is 0 Å². The molecule has 8 aromatic carbocycles. The Morgan fingerprint density at radius 2 is 0.983 bits per heavy atom. The molecule has 0 fully saturated rings. The van der Waals surface area contributed by atoms with Gasteiger partial charge in [0.1, 0.15) is 0 Å². The van der Waals surface area contributed by atoms with Crippen molar-refractivity contribution in [2.45, 2.75) is 5.41 Å². The van der Waals surface area contributed by atoms with Crippen LogP contribution >= 0.6 is 7.14 Å². The number of nitrogens with zero attached hydrogens (tertiary/aromatic N) is 2. The summed E-state index contributed by atoms with van der Waals surface area (Å²) in [6.45, 7) is 0. The molecular formula is C54H35N2OP. The van der Waals surface area contributed by atoms with Gasteiger partial charge in [0.25, 0.3) is 0 Å². The van der Waals surface area contributed by atoms with E-state index in [-0.39, 0.29) is 0 Å². The molecule has 4 heterocycles. The quantitative estimate of drug-likeness (QED) is 0.168. The maximum Gasteiger partial charge on any atom is 0.171 e. The van der Waals surface area contributed by atoms with Crippen LogP contribution in [0.1, 0.15) is 22.3 Å². The van der Waals surface area contributed by atoms with Crippen molar-refractivity contribution in [3.05, 3.63) is 235 Å². The Hall–Kier alpha value is -7.06. The van der Waals surface area contributed by atoms with Crippen molar-refractivity contribution in [2.24, 2.45) is 0 Å². The Morgan fingerprint density at radius 3 is 1.72 bits per heavy atom. The minimum absolute atomic E-state index is 0.754. The second-order valence-electron chi connectivity index (χ2n) is 15.4. The minimum Gasteiger partial charge on any atom is -0.309 e. The van der Waals surface area contributed by atoms with Gasteiger partial charge in [-0.15, -0.1) is 0 Å². The first-order valence-corrected chi connectivity index (χ1v) is 21.5. The molecule has 272 valence electrons. The van der Waals surface area contributed by atoms with E-state index in [2.05, 4.69) is 174 Å². The van der Waals surface area contributed by atoms with Crippen LogP contribution in [0, 0.1) is 0 Å². The lowest BCUT2D eigenvalue weighted by molar-refractivity contribution is 0.590. The molecule has 0 bridgehead atoms. The van der Waals surface area contributed by atoms with Crippen molar-refractivity contribution in [3.8, 4) is 39.3 Å². The Labute approximate surface area is 336 Å². The predicted molar refractivity (Wildman–Crippen MR) is 240 cm³/mol. The van der Waals surface area contributed by atoms with E-state index in [4.69, 9.17) is 4.98 Å². The van der Waals surface area contributed by atoms with E-state index in [0.717, 1.165) is 66.4 Å². The van der Waals surface area contributed by atoms with E-state index in [1.165, 1.54) is 32.9 Å². The summed E-state index contributed by atoms with van der Waals surface area (Å²) in [6, 6.07) is 74.9. The third kappa shape index (κ3) is 4.45. The average molecular weight is 759 g/mol. The molecule has 0 saturated heterocycles. The normalized spacial score (nSPS) is 17.5. The van der Waals surface area contributed by atoms with E-state index >= 15 is 4.57 Å². The molecule has 0 radical (unpaired) electrons. The summed E-state index contributed by atoms with van der Waals surface area (Å²) >= 11 is 0. The maximum atomic E-state index is 16.8. The van der Waals surface area contributed by atoms with E-state index < -0.39 is 12.6 Å². The molecule has 4 heteroatoms. The molecule has 2 aliphatic rings. The average Bonchev–Trinajstić information content (AvgIpc) is 3.65. The highest BCUT2D eigenvalue weighted by Gasteiger charge is 2.54. The first-order valence-electron chi connectivity index (χ1n) is 19.8. The van der Waals surface area contributed by atoms with Crippen LogP contribution in [0.3, 0.4) is 0 Å². The van der Waals surface area contributed by atoms with Crippen molar-refractivity contribution in [1.29, 1.82) is 0 Å². The van der Waals surface area contributed by atoms with Gasteiger partial charge in [0.05, 0.1) is 33.5 Å². The van der Waals surface area contributed by atoms with Crippen molar-refractivity contribution >= 4 is 44.9 Å². The summed E-state index contributed by atoms with van der Waals surface area (Å²) in [7, 11) is -3.45. The zero-order valence-corrected chi connectivity index (χ0v) is 32.4. The monoisotopic (exact) mass is 758 g/mol. The lowest BCUT2D eigenvalue weighted by atomic mass is 9.62. The zero-order valence-electron chi connectivity index (χ0n) is 31.5. The van der Waals surface area contributed by atoms with Gasteiger partial charge in [0, 0.05) is 37.8 Å². The first kappa shape index (κ1) is 33.1. The van der Waals surface area contributed by atoms with Crippen LogP contribution in [0.15, 0.2) is 212 Å². The number of benzene rings is 8. The zero-order chi connectivity index (χ0) is 38.4. The molecule has 2 unspecified atom stereocenters. The highest BCUT2D eigenvalue weighted by Crippen LogP contribution is 2.61. The highest BCUT2D eigenvalue weighted by atomic mass is 31.2. The third-order valence-electron chi connectivity index (χ3n) is 12.5. The molecule has 2 atom stereocenters. The van der Waals surface area contributed by atoms with Crippen LogP contribution in [0.25, 0.3) is 61.1 Å². The molecule has 3 nitrogen and oxygen atoms in total. The lowest BCUT2D eigenvalue weighted by Crippen LogP contribution is -2.48. The number of rotatable bonds is 4. The summed E-state index contributed by atoms with van der Waals surface area (Å²) in [6.07, 6.45) is 0. The summed E-state index contributed by atoms with van der Waals surface area (Å²) < 4.78 is 19.2. The van der Waals surface area contributed by atoms with Crippen molar-refractivity contribution < 1.29 is 4.57 Å². The maximum absolute atomic E-state index is 16.8. The largest absolute Gasteiger partial charge is 0.309 e. The lowest BCUT2D eigenvalue weighted by Gasteiger charge is -2.47. The number of fused-ring (bicyclic) bond motifs is 11. The molecule has 2 aromatic heterocycles. The molecule has 10 aromatic rings. The number of hydrogen-bond acceptors (Lipinski definition) is 2. The summed E-state index contributed by atoms with van der Waals surface area (Å²) in [5.41, 5.74) is 13.2. The van der Waals surface area contributed by atoms with Crippen LogP contribution in [0.5, 0.6) is 0 Å². The Balaban J connectivity index is 1.22. The summed E-state index contributed by atoms with van der Waals surface area (Å²) in [4.78, 5) is 5.19. The second kappa shape index (κ2) is 12.5. The number of para-hydroxylation sites is 3. The Morgan fingerprint density at radius 1 is 0.414 bits per heavy atom. The Bertz CT molecular complexity index is 3260. The molecule has 1 spiro atoms. The predicted octanol–water partition coefficient (Wildman–Crippen LogP) is 11.8. The number of aromatic nitrogens is 2. The van der Waals surface area contributed by atoms with Gasteiger partial charge < -0.3 is 9.13 Å². The van der Waals surface area contributed by atoms with Gasteiger partial charge in [-0.1, -0.05) is 182 Å². The smallest absolute Gasteiger partial charge is 0.171 e. The van der Waals surface area contributed by atoms with Crippen LogP contribution in [-0.2, 0) is 9.98 Å². The van der Waals surface area contributed by atoms with Gasteiger partial charge in [0.2, 0.25) is 0 Å². The molecule has 58 heavy (non-hydrogen) atoms. The van der Waals surface area contributed by atoms with Gasteiger partial charge in [-0.3, -0.25) is 0 Å².